The summed E-state index contributed by atoms with van der Waals surface area (Å²) < 4.78 is 11.3. The average molecular weight is 342 g/mol. The minimum absolute atomic E-state index is 0.224. The number of aromatic nitrogens is 4. The number of benzene rings is 1. The maximum atomic E-state index is 9.63. The van der Waals surface area contributed by atoms with Gasteiger partial charge in [-0.05, 0) is 30.4 Å². The zero-order chi connectivity index (χ0) is 17.8. The van der Waals surface area contributed by atoms with E-state index < -0.39 is 7.12 Å². The number of rotatable bonds is 7. The predicted octanol–water partition coefficient (Wildman–Crippen LogP) is 1.37. The van der Waals surface area contributed by atoms with Gasteiger partial charge in [-0.2, -0.15) is 0 Å². The van der Waals surface area contributed by atoms with Gasteiger partial charge in [-0.1, -0.05) is 19.9 Å². The molecule has 2 heterocycles. The number of aryl methyl sites for hydroxylation is 2. The van der Waals surface area contributed by atoms with Crippen molar-refractivity contribution in [3.8, 4) is 22.9 Å². The van der Waals surface area contributed by atoms with Gasteiger partial charge in [-0.3, -0.25) is 0 Å². The summed E-state index contributed by atoms with van der Waals surface area (Å²) in [5.41, 5.74) is 1.34. The smallest absolute Gasteiger partial charge is 0.423 e. The van der Waals surface area contributed by atoms with Crippen LogP contribution in [-0.2, 0) is 12.8 Å². The van der Waals surface area contributed by atoms with Crippen molar-refractivity contribution in [1.29, 1.82) is 0 Å². The van der Waals surface area contributed by atoms with Gasteiger partial charge in [-0.15, -0.1) is 20.4 Å². The van der Waals surface area contributed by atoms with Crippen molar-refractivity contribution in [2.24, 2.45) is 0 Å². The van der Waals surface area contributed by atoms with Crippen LogP contribution in [-0.4, -0.2) is 37.6 Å². The molecule has 0 atom stereocenters. The molecule has 3 aromatic rings. The fraction of sp³-hybridized carbons (Fsp3) is 0.375. The fourth-order valence-electron chi connectivity index (χ4n) is 2.46. The van der Waals surface area contributed by atoms with E-state index in [1.165, 1.54) is 0 Å². The van der Waals surface area contributed by atoms with Crippen LogP contribution in [0.1, 0.15) is 38.5 Å². The Morgan fingerprint density at radius 3 is 2.08 bits per heavy atom. The van der Waals surface area contributed by atoms with E-state index in [-0.39, 0.29) is 11.4 Å². The third-order valence-corrected chi connectivity index (χ3v) is 3.67. The van der Waals surface area contributed by atoms with E-state index in [4.69, 9.17) is 8.83 Å². The normalized spacial score (nSPS) is 11.0. The molecule has 0 saturated heterocycles. The lowest BCUT2D eigenvalue weighted by Gasteiger charge is -2.06. The van der Waals surface area contributed by atoms with Crippen LogP contribution in [0.15, 0.2) is 27.0 Å². The van der Waals surface area contributed by atoms with Crippen LogP contribution in [0.2, 0.25) is 0 Å². The van der Waals surface area contributed by atoms with Gasteiger partial charge in [0.1, 0.15) is 0 Å². The SMILES string of the molecule is CCCc1nnc(-c2ccc(B(O)O)c(-c3nnc(CCC)o3)c2)o1. The molecule has 130 valence electrons. The molecule has 0 aliphatic heterocycles. The van der Waals surface area contributed by atoms with Gasteiger partial charge in [0.05, 0.1) is 0 Å². The molecule has 0 bridgehead atoms. The molecule has 1 aromatic carbocycles. The van der Waals surface area contributed by atoms with Gasteiger partial charge >= 0.3 is 7.12 Å². The summed E-state index contributed by atoms with van der Waals surface area (Å²) in [6, 6.07) is 4.94. The van der Waals surface area contributed by atoms with E-state index in [2.05, 4.69) is 20.4 Å². The third kappa shape index (κ3) is 3.77. The lowest BCUT2D eigenvalue weighted by molar-refractivity contribution is 0.425. The second-order valence-electron chi connectivity index (χ2n) is 5.68. The van der Waals surface area contributed by atoms with Gasteiger partial charge in [0.2, 0.25) is 23.6 Å². The van der Waals surface area contributed by atoms with Crippen molar-refractivity contribution < 1.29 is 18.9 Å². The lowest BCUT2D eigenvalue weighted by Crippen LogP contribution is -2.31. The summed E-state index contributed by atoms with van der Waals surface area (Å²) in [7, 11) is -1.66. The minimum Gasteiger partial charge on any atom is -0.423 e. The molecular weight excluding hydrogens is 323 g/mol. The Kier molecular flexibility index (Phi) is 5.25. The van der Waals surface area contributed by atoms with E-state index in [1.54, 1.807) is 18.2 Å². The molecule has 0 aliphatic rings. The topological polar surface area (TPSA) is 118 Å². The van der Waals surface area contributed by atoms with E-state index in [9.17, 15) is 10.0 Å². The first-order valence-corrected chi connectivity index (χ1v) is 8.28. The largest absolute Gasteiger partial charge is 0.489 e. The zero-order valence-electron chi connectivity index (χ0n) is 14.1. The maximum absolute atomic E-state index is 9.63. The molecule has 8 nitrogen and oxygen atoms in total. The molecule has 3 rings (SSSR count). The Morgan fingerprint density at radius 2 is 1.48 bits per heavy atom. The Morgan fingerprint density at radius 1 is 0.880 bits per heavy atom. The number of nitrogens with zero attached hydrogens (tertiary/aromatic N) is 4. The Hall–Kier alpha value is -2.52. The first-order valence-electron chi connectivity index (χ1n) is 8.28. The van der Waals surface area contributed by atoms with Crippen LogP contribution in [0.3, 0.4) is 0 Å². The van der Waals surface area contributed by atoms with Gasteiger partial charge in [0.25, 0.3) is 0 Å². The molecule has 2 N–H and O–H groups in total. The highest BCUT2D eigenvalue weighted by Crippen LogP contribution is 2.24. The van der Waals surface area contributed by atoms with E-state index in [0.29, 0.717) is 41.6 Å². The minimum atomic E-state index is -1.66. The highest BCUT2D eigenvalue weighted by atomic mass is 16.4. The maximum Gasteiger partial charge on any atom is 0.489 e. The van der Waals surface area contributed by atoms with E-state index in [0.717, 1.165) is 12.8 Å². The van der Waals surface area contributed by atoms with Crippen molar-refractivity contribution in [2.45, 2.75) is 39.5 Å². The molecule has 9 heteroatoms. The Balaban J connectivity index is 2.01. The Labute approximate surface area is 145 Å². The fourth-order valence-corrected chi connectivity index (χ4v) is 2.46. The van der Waals surface area contributed by atoms with Crippen LogP contribution in [0.25, 0.3) is 22.9 Å². The summed E-state index contributed by atoms with van der Waals surface area (Å²) in [4.78, 5) is 0. The van der Waals surface area contributed by atoms with Crippen molar-refractivity contribution in [1.82, 2.24) is 20.4 Å². The zero-order valence-corrected chi connectivity index (χ0v) is 14.1. The molecule has 0 radical (unpaired) electrons. The molecule has 0 aliphatic carbocycles. The van der Waals surface area contributed by atoms with Crippen LogP contribution in [0.4, 0.5) is 0 Å². The molecule has 0 unspecified atom stereocenters. The molecule has 0 fully saturated rings. The number of hydrogen-bond acceptors (Lipinski definition) is 8. The van der Waals surface area contributed by atoms with Crippen LogP contribution in [0, 0.1) is 0 Å². The molecule has 25 heavy (non-hydrogen) atoms. The predicted molar refractivity (Wildman–Crippen MR) is 90.8 cm³/mol. The van der Waals surface area contributed by atoms with Crippen LogP contribution in [0.5, 0.6) is 0 Å². The van der Waals surface area contributed by atoms with Crippen molar-refractivity contribution in [2.75, 3.05) is 0 Å². The van der Waals surface area contributed by atoms with Gasteiger partial charge in [-0.25, -0.2) is 0 Å². The lowest BCUT2D eigenvalue weighted by atomic mass is 9.76. The van der Waals surface area contributed by atoms with Crippen molar-refractivity contribution in [3.63, 3.8) is 0 Å². The molecule has 0 spiro atoms. The number of hydrogen-bond donors (Lipinski definition) is 2. The standard InChI is InChI=1S/C16H19BN4O4/c1-3-5-13-18-20-15(24-13)10-7-8-12(17(22)23)11(9-10)16-21-19-14(25-16)6-4-2/h7-9,22-23H,3-6H2,1-2H3. The first-order chi connectivity index (χ1) is 12.1. The second-order valence-corrected chi connectivity index (χ2v) is 5.68. The highest BCUT2D eigenvalue weighted by molar-refractivity contribution is 6.60. The monoisotopic (exact) mass is 342 g/mol. The van der Waals surface area contributed by atoms with Gasteiger partial charge in [0.15, 0.2) is 0 Å². The van der Waals surface area contributed by atoms with E-state index in [1.807, 2.05) is 13.8 Å². The first kappa shape index (κ1) is 17.3. The highest BCUT2D eigenvalue weighted by Gasteiger charge is 2.22. The molecular formula is C16H19BN4O4. The Bertz CT molecular complexity index is 846. The van der Waals surface area contributed by atoms with Crippen molar-refractivity contribution >= 4 is 12.6 Å². The van der Waals surface area contributed by atoms with Crippen LogP contribution >= 0.6 is 0 Å². The average Bonchev–Trinajstić information content (AvgIpc) is 3.25. The summed E-state index contributed by atoms with van der Waals surface area (Å²) >= 11 is 0. The summed E-state index contributed by atoms with van der Waals surface area (Å²) in [6.45, 7) is 4.04. The quantitative estimate of drug-likeness (QED) is 0.618. The van der Waals surface area contributed by atoms with Gasteiger partial charge in [0, 0.05) is 24.0 Å². The van der Waals surface area contributed by atoms with Crippen LogP contribution < -0.4 is 5.46 Å². The van der Waals surface area contributed by atoms with Crippen molar-refractivity contribution in [3.05, 3.63) is 30.0 Å². The molecule has 2 aromatic heterocycles. The summed E-state index contributed by atoms with van der Waals surface area (Å²) in [5, 5.41) is 35.3. The third-order valence-electron chi connectivity index (χ3n) is 3.67. The molecule has 0 amide bonds. The van der Waals surface area contributed by atoms with E-state index >= 15 is 0 Å². The second kappa shape index (κ2) is 7.58. The molecule has 0 saturated carbocycles. The summed E-state index contributed by atoms with van der Waals surface area (Å²) in [6.07, 6.45) is 3.15. The van der Waals surface area contributed by atoms with Gasteiger partial charge < -0.3 is 18.9 Å². The summed E-state index contributed by atoms with van der Waals surface area (Å²) in [5.74, 6) is 1.65.